The van der Waals surface area contributed by atoms with Crippen LogP contribution in [0.4, 0.5) is 10.6 Å². The summed E-state index contributed by atoms with van der Waals surface area (Å²) in [5.41, 5.74) is 5.39. The van der Waals surface area contributed by atoms with E-state index in [-0.39, 0.29) is 19.1 Å². The van der Waals surface area contributed by atoms with Crippen LogP contribution in [0, 0.1) is 24.0 Å². The van der Waals surface area contributed by atoms with Crippen LogP contribution in [0.25, 0.3) is 22.5 Å². The van der Waals surface area contributed by atoms with Gasteiger partial charge in [-0.2, -0.15) is 0 Å². The van der Waals surface area contributed by atoms with Crippen molar-refractivity contribution in [2.45, 2.75) is 59.2 Å². The number of hydrogen-bond donors (Lipinski definition) is 0. The summed E-state index contributed by atoms with van der Waals surface area (Å²) < 4.78 is 10.2. The van der Waals surface area contributed by atoms with E-state index in [1.165, 1.54) is 4.80 Å². The third kappa shape index (κ3) is 7.55. The van der Waals surface area contributed by atoms with Gasteiger partial charge in [-0.25, -0.2) is 14.8 Å². The van der Waals surface area contributed by atoms with E-state index in [1.807, 2.05) is 62.4 Å². The number of fused-ring (bicyclic) bond motifs is 1. The van der Waals surface area contributed by atoms with Gasteiger partial charge in [0.25, 0.3) is 5.09 Å². The van der Waals surface area contributed by atoms with Gasteiger partial charge in [0.1, 0.15) is 11.6 Å². The van der Waals surface area contributed by atoms with Gasteiger partial charge in [0.15, 0.2) is 0 Å². The number of carbonyl (C=O) groups is 2. The van der Waals surface area contributed by atoms with Gasteiger partial charge in [-0.1, -0.05) is 48.5 Å². The van der Waals surface area contributed by atoms with E-state index in [2.05, 4.69) is 30.2 Å². The monoisotopic (exact) mass is 616 g/mol. The third-order valence-corrected chi connectivity index (χ3v) is 7.20. The molecule has 0 fully saturated rings. The van der Waals surface area contributed by atoms with Gasteiger partial charge in [-0.15, -0.1) is 25.1 Å². The van der Waals surface area contributed by atoms with Crippen LogP contribution < -0.4 is 4.90 Å². The van der Waals surface area contributed by atoms with Crippen molar-refractivity contribution in [3.05, 3.63) is 81.3 Å². The highest BCUT2D eigenvalue weighted by Gasteiger charge is 2.28. The Kier molecular flexibility index (Phi) is 9.55. The predicted octanol–water partition coefficient (Wildman–Crippen LogP) is 4.55. The number of nitrogens with zero attached hydrogens (tertiary/aromatic N) is 8. The Morgan fingerprint density at radius 2 is 1.76 bits per heavy atom. The second-order valence-electron chi connectivity index (χ2n) is 10.4. The lowest BCUT2D eigenvalue weighted by Gasteiger charge is -2.29. The lowest BCUT2D eigenvalue weighted by atomic mass is 9.98. The first kappa shape index (κ1) is 31.0. The van der Waals surface area contributed by atoms with Crippen molar-refractivity contribution in [1.82, 2.24) is 30.2 Å². The van der Waals surface area contributed by atoms with Gasteiger partial charge in [-0.05, 0) is 61.9 Å². The number of ether oxygens (including phenoxy) is 2. The third-order valence-electron chi connectivity index (χ3n) is 7.20. The molecule has 0 saturated heterocycles. The maximum atomic E-state index is 12.9. The van der Waals surface area contributed by atoms with Gasteiger partial charge in [-0.3, -0.25) is 9.69 Å². The van der Waals surface area contributed by atoms with Crippen molar-refractivity contribution in [2.75, 3.05) is 18.1 Å². The number of hydrogen-bond acceptors (Lipinski definition) is 12. The van der Waals surface area contributed by atoms with Crippen LogP contribution in [-0.2, 0) is 32.1 Å². The molecular weight excluding hydrogens is 584 g/mol. The van der Waals surface area contributed by atoms with Crippen molar-refractivity contribution < 1.29 is 29.0 Å². The Hall–Kier alpha value is -5.47. The van der Waals surface area contributed by atoms with Crippen molar-refractivity contribution in [2.24, 2.45) is 0 Å². The molecule has 0 spiro atoms. The van der Waals surface area contributed by atoms with Crippen molar-refractivity contribution in [3.8, 4) is 22.5 Å². The molecule has 1 unspecified atom stereocenters. The Labute approximate surface area is 258 Å². The van der Waals surface area contributed by atoms with E-state index in [0.717, 1.165) is 33.5 Å². The number of aryl methyl sites for hydroxylation is 2. The molecule has 3 heterocycles. The number of amides is 1. The second kappa shape index (κ2) is 13.9. The minimum absolute atomic E-state index is 0.0180. The van der Waals surface area contributed by atoms with E-state index >= 15 is 0 Å². The molecule has 45 heavy (non-hydrogen) atoms. The maximum absolute atomic E-state index is 12.9. The van der Waals surface area contributed by atoms with Gasteiger partial charge in [0.2, 0.25) is 18.0 Å². The van der Waals surface area contributed by atoms with Crippen LogP contribution in [-0.4, -0.2) is 60.5 Å². The number of aromatic nitrogens is 6. The van der Waals surface area contributed by atoms with E-state index in [1.54, 1.807) is 11.8 Å². The van der Waals surface area contributed by atoms with Crippen molar-refractivity contribution in [1.29, 1.82) is 0 Å². The average Bonchev–Trinajstić information content (AvgIpc) is 3.51. The molecule has 2 aromatic carbocycles. The quantitative estimate of drug-likeness (QED) is 0.0940. The van der Waals surface area contributed by atoms with Gasteiger partial charge >= 0.3 is 6.16 Å². The summed E-state index contributed by atoms with van der Waals surface area (Å²) in [7, 11) is 0. The molecule has 0 saturated carbocycles. The lowest BCUT2D eigenvalue weighted by molar-refractivity contribution is -0.757. The smallest absolute Gasteiger partial charge is 0.434 e. The Morgan fingerprint density at radius 1 is 1.02 bits per heavy atom. The van der Waals surface area contributed by atoms with Crippen LogP contribution in [0.15, 0.2) is 48.5 Å². The van der Waals surface area contributed by atoms with Crippen molar-refractivity contribution >= 4 is 17.9 Å². The highest BCUT2D eigenvalue weighted by atomic mass is 16.9. The molecule has 15 heteroatoms. The summed E-state index contributed by atoms with van der Waals surface area (Å²) in [5, 5.41) is 21.9. The fourth-order valence-electron chi connectivity index (χ4n) is 4.99. The molecule has 1 aliphatic rings. The molecule has 2 aromatic heterocycles. The fraction of sp³-hybridized carbons (Fsp3) is 0.367. The summed E-state index contributed by atoms with van der Waals surface area (Å²) in [6.45, 7) is 5.69. The molecule has 0 aliphatic carbocycles. The lowest BCUT2D eigenvalue weighted by Crippen LogP contribution is -2.36. The summed E-state index contributed by atoms with van der Waals surface area (Å²) in [4.78, 5) is 51.2. The molecule has 15 nitrogen and oxygen atoms in total. The van der Waals surface area contributed by atoms with E-state index in [4.69, 9.17) is 9.47 Å². The molecule has 234 valence electrons. The molecule has 1 atom stereocenters. The van der Waals surface area contributed by atoms with Crippen LogP contribution >= 0.6 is 0 Å². The molecule has 0 N–H and O–H groups in total. The zero-order valence-corrected chi connectivity index (χ0v) is 25.1. The van der Waals surface area contributed by atoms with E-state index in [0.29, 0.717) is 49.7 Å². The molecular formula is C30H32N8O7. The number of benzene rings is 2. The zero-order valence-electron chi connectivity index (χ0n) is 25.1. The van der Waals surface area contributed by atoms with Crippen LogP contribution in [0.2, 0.25) is 0 Å². The summed E-state index contributed by atoms with van der Waals surface area (Å²) in [6.07, 6.45) is -0.0338. The number of rotatable bonds is 12. The highest BCUT2D eigenvalue weighted by Crippen LogP contribution is 2.32. The molecule has 0 radical (unpaired) electrons. The molecule has 0 bridgehead atoms. The zero-order chi connectivity index (χ0) is 31.9. The van der Waals surface area contributed by atoms with Gasteiger partial charge in [0, 0.05) is 23.2 Å². The minimum Gasteiger partial charge on any atom is -0.434 e. The molecule has 4 aromatic rings. The molecule has 1 aliphatic heterocycles. The molecule has 1 amide bonds. The second-order valence-corrected chi connectivity index (χ2v) is 10.4. The van der Waals surface area contributed by atoms with Crippen LogP contribution in [0.5, 0.6) is 0 Å². The van der Waals surface area contributed by atoms with Crippen LogP contribution in [0.1, 0.15) is 55.1 Å². The Bertz CT molecular complexity index is 1690. The number of carbonyl (C=O) groups excluding carboxylic acids is 2. The number of anilines is 1. The summed E-state index contributed by atoms with van der Waals surface area (Å²) in [5.74, 6) is 1.70. The van der Waals surface area contributed by atoms with Gasteiger partial charge in [0.05, 0.1) is 19.8 Å². The Balaban J connectivity index is 1.24. The standard InChI is InChI=1S/C30H32N8O7/c1-19-24-14-15-27(39)36(29(24)32-20(2)31-19)18-22-10-12-23(13-11-22)25-8-4-5-9-26(25)28-33-35-37(34-28)21(3)45-30(40)43-16-6-7-17-44-38(41)42/h4-5,8-13,21H,6-7,14-18H2,1-3H3. The highest BCUT2D eigenvalue weighted by molar-refractivity contribution is 5.95. The largest absolute Gasteiger partial charge is 0.510 e. The first-order valence-corrected chi connectivity index (χ1v) is 14.4. The minimum atomic E-state index is -0.926. The summed E-state index contributed by atoms with van der Waals surface area (Å²) in [6, 6.07) is 15.5. The molecule has 5 rings (SSSR count). The SMILES string of the molecule is Cc1nc(C)c2c(n1)N(Cc1ccc(-c3ccccc3-c3nnn(C(C)OC(=O)OCCCCO[N+](=O)[O-])n3)cc1)C(=O)CC2. The first-order valence-electron chi connectivity index (χ1n) is 14.4. The topological polar surface area (TPSA) is 178 Å². The van der Waals surface area contributed by atoms with Crippen molar-refractivity contribution in [3.63, 3.8) is 0 Å². The normalized spacial score (nSPS) is 13.2. The van der Waals surface area contributed by atoms with Crippen LogP contribution in [0.3, 0.4) is 0 Å². The number of unbranched alkanes of at least 4 members (excludes halogenated alkanes) is 1. The first-order chi connectivity index (χ1) is 21.7. The maximum Gasteiger partial charge on any atom is 0.510 e. The van der Waals surface area contributed by atoms with E-state index < -0.39 is 17.5 Å². The average molecular weight is 617 g/mol. The summed E-state index contributed by atoms with van der Waals surface area (Å²) >= 11 is 0. The fourth-order valence-corrected chi connectivity index (χ4v) is 4.99. The number of tetrazole rings is 1. The predicted molar refractivity (Wildman–Crippen MR) is 159 cm³/mol. The Morgan fingerprint density at radius 3 is 2.51 bits per heavy atom. The van der Waals surface area contributed by atoms with E-state index in [9.17, 15) is 19.7 Å². The van der Waals surface area contributed by atoms with Gasteiger partial charge < -0.3 is 14.3 Å².